The van der Waals surface area contributed by atoms with Crippen LogP contribution < -0.4 is 4.90 Å². The molecule has 1 aliphatic carbocycles. The number of nitrogens with zero attached hydrogens (tertiary/aromatic N) is 2. The Balaban J connectivity index is 1.60. The van der Waals surface area contributed by atoms with Crippen LogP contribution in [-0.4, -0.2) is 52.6 Å². The number of benzene rings is 1. The second-order valence-electron chi connectivity index (χ2n) is 8.81. The molecule has 5 aliphatic heterocycles. The van der Waals surface area contributed by atoms with Gasteiger partial charge in [-0.2, -0.15) is 0 Å². The molecule has 0 radical (unpaired) electrons. The van der Waals surface area contributed by atoms with Gasteiger partial charge < -0.3 is 15.1 Å². The van der Waals surface area contributed by atoms with Crippen LogP contribution in [0.3, 0.4) is 0 Å². The van der Waals surface area contributed by atoms with Crippen molar-refractivity contribution in [2.45, 2.75) is 62.1 Å². The molecule has 1 aromatic carbocycles. The van der Waals surface area contributed by atoms with Crippen LogP contribution in [0.5, 0.6) is 0 Å². The fourth-order valence-corrected chi connectivity index (χ4v) is 7.88. The molecular weight excluding hydrogens is 300 g/mol. The minimum absolute atomic E-state index is 0.126. The molecule has 4 saturated heterocycles. The SMILES string of the molecule is CC[C@@H]1[C@H]2C[C@H]3[C@@H]4N(C)c5ccccc5[C@@]45C[C@@H]([C@@H]2[C@H]5O)N3[C@@H]1O. The highest BCUT2D eigenvalue weighted by Gasteiger charge is 2.76. The molecule has 5 fully saturated rings. The van der Waals surface area contributed by atoms with Gasteiger partial charge in [0.25, 0.3) is 0 Å². The van der Waals surface area contributed by atoms with Crippen molar-refractivity contribution in [1.82, 2.24) is 4.90 Å². The van der Waals surface area contributed by atoms with Crippen molar-refractivity contribution in [3.05, 3.63) is 29.8 Å². The van der Waals surface area contributed by atoms with E-state index in [1.165, 1.54) is 11.3 Å². The van der Waals surface area contributed by atoms with Gasteiger partial charge in [0, 0.05) is 42.1 Å². The summed E-state index contributed by atoms with van der Waals surface area (Å²) >= 11 is 0. The average molecular weight is 326 g/mol. The predicted molar refractivity (Wildman–Crippen MR) is 91.7 cm³/mol. The summed E-state index contributed by atoms with van der Waals surface area (Å²) < 4.78 is 0. The van der Waals surface area contributed by atoms with Crippen molar-refractivity contribution < 1.29 is 10.2 Å². The van der Waals surface area contributed by atoms with Crippen LogP contribution in [0.15, 0.2) is 24.3 Å². The van der Waals surface area contributed by atoms with Gasteiger partial charge >= 0.3 is 0 Å². The Bertz CT molecular complexity index is 723. The molecule has 2 N–H and O–H groups in total. The summed E-state index contributed by atoms with van der Waals surface area (Å²) in [6.07, 6.45) is 2.56. The Morgan fingerprint density at radius 1 is 1.21 bits per heavy atom. The summed E-state index contributed by atoms with van der Waals surface area (Å²) in [4.78, 5) is 4.83. The first kappa shape index (κ1) is 14.1. The number of fused-ring (bicyclic) bond motifs is 2. The number of piperidine rings is 4. The molecule has 1 spiro atoms. The van der Waals surface area contributed by atoms with Crippen LogP contribution in [-0.2, 0) is 5.41 Å². The van der Waals surface area contributed by atoms with Gasteiger partial charge in [0.1, 0.15) is 6.23 Å². The second-order valence-corrected chi connectivity index (χ2v) is 8.81. The Morgan fingerprint density at radius 3 is 2.79 bits per heavy atom. The van der Waals surface area contributed by atoms with Crippen molar-refractivity contribution >= 4 is 5.69 Å². The first-order chi connectivity index (χ1) is 11.6. The van der Waals surface area contributed by atoms with Gasteiger partial charge in [-0.25, -0.2) is 0 Å². The van der Waals surface area contributed by atoms with E-state index in [1.54, 1.807) is 0 Å². The molecule has 1 saturated carbocycles. The Hall–Kier alpha value is -1.10. The number of hydrogen-bond donors (Lipinski definition) is 2. The first-order valence-corrected chi connectivity index (χ1v) is 9.57. The monoisotopic (exact) mass is 326 g/mol. The van der Waals surface area contributed by atoms with Crippen molar-refractivity contribution in [2.24, 2.45) is 17.8 Å². The van der Waals surface area contributed by atoms with Crippen LogP contribution in [0.4, 0.5) is 5.69 Å². The normalized spacial score (nSPS) is 55.8. The van der Waals surface area contributed by atoms with Crippen molar-refractivity contribution in [3.8, 4) is 0 Å². The zero-order valence-electron chi connectivity index (χ0n) is 14.3. The van der Waals surface area contributed by atoms with Crippen molar-refractivity contribution in [2.75, 3.05) is 11.9 Å². The van der Waals surface area contributed by atoms with E-state index < -0.39 is 0 Å². The largest absolute Gasteiger partial charge is 0.392 e. The minimum atomic E-state index is -0.319. The molecule has 24 heavy (non-hydrogen) atoms. The topological polar surface area (TPSA) is 46.9 Å². The van der Waals surface area contributed by atoms with E-state index in [1.807, 2.05) is 0 Å². The van der Waals surface area contributed by atoms with E-state index in [0.717, 1.165) is 19.3 Å². The summed E-state index contributed by atoms with van der Waals surface area (Å²) in [5, 5.41) is 22.6. The summed E-state index contributed by atoms with van der Waals surface area (Å²) in [6.45, 7) is 2.19. The zero-order chi connectivity index (χ0) is 16.4. The van der Waals surface area contributed by atoms with E-state index in [0.29, 0.717) is 35.9 Å². The highest BCUT2D eigenvalue weighted by molar-refractivity contribution is 5.67. The summed E-state index contributed by atoms with van der Waals surface area (Å²) in [6, 6.07) is 9.70. The van der Waals surface area contributed by atoms with E-state index in [9.17, 15) is 10.2 Å². The van der Waals surface area contributed by atoms with Crippen LogP contribution in [0.2, 0.25) is 0 Å². The summed E-state index contributed by atoms with van der Waals surface area (Å²) in [7, 11) is 2.19. The molecule has 1 aromatic rings. The zero-order valence-corrected chi connectivity index (χ0v) is 14.3. The number of aliphatic hydroxyl groups is 2. The van der Waals surface area contributed by atoms with Gasteiger partial charge in [-0.1, -0.05) is 25.1 Å². The van der Waals surface area contributed by atoms with Crippen LogP contribution >= 0.6 is 0 Å². The fraction of sp³-hybridized carbons (Fsp3) is 0.700. The maximum absolute atomic E-state index is 11.6. The third-order valence-corrected chi connectivity index (χ3v) is 8.46. The van der Waals surface area contributed by atoms with Gasteiger partial charge in [-0.15, -0.1) is 0 Å². The first-order valence-electron chi connectivity index (χ1n) is 9.57. The molecular formula is C20H26N2O2. The second kappa shape index (κ2) is 4.17. The highest BCUT2D eigenvalue weighted by atomic mass is 16.3. The fourth-order valence-electron chi connectivity index (χ4n) is 7.88. The smallest absolute Gasteiger partial charge is 0.111 e. The van der Waals surface area contributed by atoms with Crippen molar-refractivity contribution in [3.63, 3.8) is 0 Å². The van der Waals surface area contributed by atoms with Gasteiger partial charge in [-0.05, 0) is 36.8 Å². The third-order valence-electron chi connectivity index (χ3n) is 8.46. The van der Waals surface area contributed by atoms with Crippen molar-refractivity contribution in [1.29, 1.82) is 0 Å². The Labute approximate surface area is 143 Å². The molecule has 6 aliphatic rings. The number of anilines is 1. The number of para-hydroxylation sites is 1. The lowest BCUT2D eigenvalue weighted by Gasteiger charge is -2.62. The Morgan fingerprint density at radius 2 is 2.00 bits per heavy atom. The van der Waals surface area contributed by atoms with E-state index in [-0.39, 0.29) is 17.7 Å². The Kier molecular flexibility index (Phi) is 2.45. The lowest BCUT2D eigenvalue weighted by Crippen LogP contribution is -2.72. The molecule has 4 nitrogen and oxygen atoms in total. The van der Waals surface area contributed by atoms with Crippen LogP contribution in [0.25, 0.3) is 0 Å². The molecule has 128 valence electrons. The van der Waals surface area contributed by atoms with Gasteiger partial charge in [0.2, 0.25) is 0 Å². The van der Waals surface area contributed by atoms with Crippen LogP contribution in [0.1, 0.15) is 31.7 Å². The predicted octanol–water partition coefficient (Wildman–Crippen LogP) is 1.55. The highest BCUT2D eigenvalue weighted by Crippen LogP contribution is 2.68. The summed E-state index contributed by atoms with van der Waals surface area (Å²) in [5.41, 5.74) is 2.51. The molecule has 5 bridgehead atoms. The van der Waals surface area contributed by atoms with Gasteiger partial charge in [-0.3, -0.25) is 4.90 Å². The minimum Gasteiger partial charge on any atom is -0.392 e. The molecule has 4 heteroatoms. The lowest BCUT2D eigenvalue weighted by atomic mass is 9.62. The van der Waals surface area contributed by atoms with Crippen LogP contribution in [0, 0.1) is 17.8 Å². The number of rotatable bonds is 1. The van der Waals surface area contributed by atoms with E-state index in [2.05, 4.69) is 48.0 Å². The maximum Gasteiger partial charge on any atom is 0.111 e. The van der Waals surface area contributed by atoms with E-state index in [4.69, 9.17) is 0 Å². The van der Waals surface area contributed by atoms with Gasteiger partial charge in [0.05, 0.1) is 12.1 Å². The number of aliphatic hydroxyl groups excluding tert-OH is 2. The standard InChI is InChI=1S/C20H26N2O2/c1-3-10-11-8-14-17-20(12-6-4-5-7-13(12)21(17)2)9-15(16(11)18(20)23)22(14)19(10)24/h4-7,10-11,14-19,23-24H,3,8-9H2,1-2H3/t10-,11-,14+,15+,16-,17+,18-,19-,20+/m1/s1. The molecule has 0 aromatic heterocycles. The molecule has 10 atom stereocenters. The lowest BCUT2D eigenvalue weighted by molar-refractivity contribution is -0.211. The maximum atomic E-state index is 11.6. The average Bonchev–Trinajstić information content (AvgIpc) is 2.97. The molecule has 5 heterocycles. The number of likely N-dealkylation sites (N-methyl/N-ethyl adjacent to an activating group) is 1. The number of hydrogen-bond acceptors (Lipinski definition) is 4. The third kappa shape index (κ3) is 1.20. The molecule has 1 unspecified atom stereocenters. The van der Waals surface area contributed by atoms with Gasteiger partial charge in [0.15, 0.2) is 0 Å². The molecule has 0 amide bonds. The molecule has 7 rings (SSSR count). The summed E-state index contributed by atoms with van der Waals surface area (Å²) in [5.74, 6) is 1.14. The quantitative estimate of drug-likeness (QED) is 0.822. The van der Waals surface area contributed by atoms with E-state index >= 15 is 0 Å².